The Morgan fingerprint density at radius 2 is 2.21 bits per heavy atom. The van der Waals surface area contributed by atoms with E-state index in [-0.39, 0.29) is 18.1 Å². The van der Waals surface area contributed by atoms with E-state index in [2.05, 4.69) is 21.2 Å². The van der Waals surface area contributed by atoms with Crippen LogP contribution in [0, 0.1) is 6.92 Å². The second-order valence-electron chi connectivity index (χ2n) is 5.56. The molecule has 4 nitrogen and oxygen atoms in total. The van der Waals surface area contributed by atoms with Gasteiger partial charge >= 0.3 is 0 Å². The summed E-state index contributed by atoms with van der Waals surface area (Å²) in [7, 11) is 0. The van der Waals surface area contributed by atoms with Gasteiger partial charge in [-0.05, 0) is 54.4 Å². The molecule has 0 spiro atoms. The van der Waals surface area contributed by atoms with Gasteiger partial charge in [0, 0.05) is 11.0 Å². The third-order valence-corrected chi connectivity index (χ3v) is 4.07. The number of anilines is 1. The Morgan fingerprint density at radius 3 is 2.79 bits per heavy atom. The van der Waals surface area contributed by atoms with Gasteiger partial charge in [0.15, 0.2) is 0 Å². The molecule has 0 aromatic heterocycles. The molecule has 1 fully saturated rings. The average Bonchev–Trinajstić information content (AvgIpc) is 2.31. The third-order valence-electron chi connectivity index (χ3n) is 3.43. The Bertz CT molecular complexity index is 502. The number of hydrogen-bond acceptors (Lipinski definition) is 3. The molecule has 19 heavy (non-hydrogen) atoms. The van der Waals surface area contributed by atoms with E-state index < -0.39 is 6.04 Å². The number of hydrogen-bond donors (Lipinski definition) is 2. The van der Waals surface area contributed by atoms with Crippen molar-refractivity contribution in [3.8, 4) is 0 Å². The molecule has 5 heteroatoms. The summed E-state index contributed by atoms with van der Waals surface area (Å²) in [6.45, 7) is 6.49. The first-order valence-corrected chi connectivity index (χ1v) is 7.10. The van der Waals surface area contributed by atoms with Crippen molar-refractivity contribution in [1.29, 1.82) is 0 Å². The van der Waals surface area contributed by atoms with Crippen LogP contribution in [0.2, 0.25) is 0 Å². The van der Waals surface area contributed by atoms with Gasteiger partial charge < -0.3 is 15.3 Å². The zero-order chi connectivity index (χ0) is 14.2. The van der Waals surface area contributed by atoms with Crippen molar-refractivity contribution in [3.05, 3.63) is 28.2 Å². The van der Waals surface area contributed by atoms with E-state index in [9.17, 15) is 9.90 Å². The van der Waals surface area contributed by atoms with Crippen molar-refractivity contribution in [3.63, 3.8) is 0 Å². The van der Waals surface area contributed by atoms with Crippen molar-refractivity contribution in [2.45, 2.75) is 32.4 Å². The number of carbonyl (C=O) groups excluding carboxylic acids is 1. The summed E-state index contributed by atoms with van der Waals surface area (Å²) in [5.74, 6) is -0.0942. The van der Waals surface area contributed by atoms with E-state index in [0.29, 0.717) is 6.54 Å². The molecule has 1 aliphatic rings. The minimum atomic E-state index is -0.527. The van der Waals surface area contributed by atoms with E-state index in [1.807, 2.05) is 39.0 Å². The lowest BCUT2D eigenvalue weighted by Crippen LogP contribution is -2.66. The van der Waals surface area contributed by atoms with Gasteiger partial charge in [-0.15, -0.1) is 0 Å². The van der Waals surface area contributed by atoms with Crippen molar-refractivity contribution < 1.29 is 9.90 Å². The molecular formula is C14H19BrN2O2. The maximum absolute atomic E-state index is 12.5. The molecule has 1 heterocycles. The van der Waals surface area contributed by atoms with Gasteiger partial charge in [0.1, 0.15) is 6.04 Å². The van der Waals surface area contributed by atoms with E-state index >= 15 is 0 Å². The Hall–Kier alpha value is -0.910. The second-order valence-corrected chi connectivity index (χ2v) is 6.41. The first kappa shape index (κ1) is 14.5. The number of carbonyl (C=O) groups is 1. The summed E-state index contributed by atoms with van der Waals surface area (Å²) in [5.41, 5.74) is 1.65. The fraction of sp³-hybridized carbons (Fsp3) is 0.500. The Labute approximate surface area is 121 Å². The maximum atomic E-state index is 12.5. The molecule has 1 unspecified atom stereocenters. The SMILES string of the molecule is Cc1ccc(N2C(=O)C(CO)NCC2(C)C)c(Br)c1. The normalized spacial score (nSPS) is 22.7. The van der Waals surface area contributed by atoms with Gasteiger partial charge in [-0.25, -0.2) is 0 Å². The fourth-order valence-electron chi connectivity index (χ4n) is 2.37. The molecule has 1 saturated heterocycles. The highest BCUT2D eigenvalue weighted by Gasteiger charge is 2.41. The maximum Gasteiger partial charge on any atom is 0.247 e. The highest BCUT2D eigenvalue weighted by Crippen LogP contribution is 2.34. The summed E-state index contributed by atoms with van der Waals surface area (Å²) >= 11 is 3.53. The number of rotatable bonds is 2. The van der Waals surface area contributed by atoms with Gasteiger partial charge in [0.25, 0.3) is 0 Å². The van der Waals surface area contributed by atoms with E-state index in [4.69, 9.17) is 0 Å². The Kier molecular flexibility index (Phi) is 3.99. The van der Waals surface area contributed by atoms with Crippen LogP contribution in [0.5, 0.6) is 0 Å². The molecule has 0 bridgehead atoms. The Morgan fingerprint density at radius 1 is 1.53 bits per heavy atom. The van der Waals surface area contributed by atoms with Crippen LogP contribution in [0.1, 0.15) is 19.4 Å². The van der Waals surface area contributed by atoms with Crippen LogP contribution in [0.25, 0.3) is 0 Å². The monoisotopic (exact) mass is 326 g/mol. The second kappa shape index (κ2) is 5.23. The van der Waals surface area contributed by atoms with Gasteiger partial charge in [0.05, 0.1) is 17.8 Å². The number of benzene rings is 1. The van der Waals surface area contributed by atoms with Gasteiger partial charge in [-0.3, -0.25) is 4.79 Å². The predicted octanol–water partition coefficient (Wildman–Crippen LogP) is 1.83. The predicted molar refractivity (Wildman–Crippen MR) is 79.3 cm³/mol. The average molecular weight is 327 g/mol. The summed E-state index contributed by atoms with van der Waals surface area (Å²) in [5, 5.41) is 12.4. The molecular weight excluding hydrogens is 308 g/mol. The molecule has 1 aromatic rings. The van der Waals surface area contributed by atoms with Crippen LogP contribution in [-0.4, -0.2) is 35.7 Å². The number of aryl methyl sites for hydroxylation is 1. The number of halogens is 1. The molecule has 1 atom stereocenters. The Balaban J connectivity index is 2.46. The number of nitrogens with zero attached hydrogens (tertiary/aromatic N) is 1. The van der Waals surface area contributed by atoms with Gasteiger partial charge in [0.2, 0.25) is 5.91 Å². The number of nitrogens with one attached hydrogen (secondary N) is 1. The van der Waals surface area contributed by atoms with Crippen LogP contribution in [0.15, 0.2) is 22.7 Å². The third kappa shape index (κ3) is 2.68. The van der Waals surface area contributed by atoms with Crippen LogP contribution in [0.4, 0.5) is 5.69 Å². The molecule has 2 rings (SSSR count). The van der Waals surface area contributed by atoms with Crippen LogP contribution in [-0.2, 0) is 4.79 Å². The fourth-order valence-corrected chi connectivity index (χ4v) is 3.04. The molecule has 1 aromatic carbocycles. The van der Waals surface area contributed by atoms with Crippen LogP contribution >= 0.6 is 15.9 Å². The minimum Gasteiger partial charge on any atom is -0.394 e. The van der Waals surface area contributed by atoms with Crippen molar-refractivity contribution >= 4 is 27.5 Å². The molecule has 2 N–H and O–H groups in total. The largest absolute Gasteiger partial charge is 0.394 e. The van der Waals surface area contributed by atoms with Crippen LogP contribution in [0.3, 0.4) is 0 Å². The first-order chi connectivity index (χ1) is 8.86. The number of aliphatic hydroxyl groups excluding tert-OH is 1. The molecule has 1 amide bonds. The molecule has 0 saturated carbocycles. The van der Waals surface area contributed by atoms with Crippen LogP contribution < -0.4 is 10.2 Å². The molecule has 0 radical (unpaired) electrons. The number of piperazine rings is 1. The number of aliphatic hydroxyl groups is 1. The lowest BCUT2D eigenvalue weighted by atomic mass is 9.95. The van der Waals surface area contributed by atoms with Crippen molar-refractivity contribution in [2.24, 2.45) is 0 Å². The highest BCUT2D eigenvalue weighted by molar-refractivity contribution is 9.10. The first-order valence-electron chi connectivity index (χ1n) is 6.31. The summed E-state index contributed by atoms with van der Waals surface area (Å²) in [6, 6.07) is 5.40. The van der Waals surface area contributed by atoms with E-state index in [0.717, 1.165) is 15.7 Å². The molecule has 104 valence electrons. The van der Waals surface area contributed by atoms with E-state index in [1.165, 1.54) is 0 Å². The zero-order valence-corrected chi connectivity index (χ0v) is 13.0. The molecule has 0 aliphatic carbocycles. The summed E-state index contributed by atoms with van der Waals surface area (Å²) in [4.78, 5) is 14.3. The van der Waals surface area contributed by atoms with E-state index in [1.54, 1.807) is 4.90 Å². The number of amides is 1. The highest BCUT2D eigenvalue weighted by atomic mass is 79.9. The minimum absolute atomic E-state index is 0.0942. The quantitative estimate of drug-likeness (QED) is 0.871. The van der Waals surface area contributed by atoms with Gasteiger partial charge in [-0.2, -0.15) is 0 Å². The van der Waals surface area contributed by atoms with Crippen molar-refractivity contribution in [1.82, 2.24) is 5.32 Å². The lowest BCUT2D eigenvalue weighted by molar-refractivity contribution is -0.124. The summed E-state index contributed by atoms with van der Waals surface area (Å²) < 4.78 is 0.896. The topological polar surface area (TPSA) is 52.6 Å². The zero-order valence-electron chi connectivity index (χ0n) is 11.4. The standard InChI is InChI=1S/C14H19BrN2O2/c1-9-4-5-12(10(15)6-9)17-13(19)11(7-18)16-8-14(17,2)3/h4-6,11,16,18H,7-8H2,1-3H3. The van der Waals surface area contributed by atoms with Crippen molar-refractivity contribution in [2.75, 3.05) is 18.1 Å². The summed E-state index contributed by atoms with van der Waals surface area (Å²) in [6.07, 6.45) is 0. The molecule has 1 aliphatic heterocycles. The van der Waals surface area contributed by atoms with Gasteiger partial charge in [-0.1, -0.05) is 6.07 Å². The smallest absolute Gasteiger partial charge is 0.247 e. The lowest BCUT2D eigenvalue weighted by Gasteiger charge is -2.45.